The lowest BCUT2D eigenvalue weighted by atomic mass is 10.1. The van der Waals surface area contributed by atoms with E-state index < -0.39 is 0 Å². The molecule has 3 nitrogen and oxygen atoms in total. The number of pyridine rings is 1. The molecule has 1 aromatic carbocycles. The molecule has 0 aliphatic rings. The number of hydrogen-bond donors (Lipinski definition) is 1. The molecule has 0 amide bonds. The van der Waals surface area contributed by atoms with E-state index >= 15 is 0 Å². The summed E-state index contributed by atoms with van der Waals surface area (Å²) in [5.74, 6) is -0.336. The van der Waals surface area contributed by atoms with E-state index in [1.54, 1.807) is 6.07 Å². The number of nitrogens with two attached hydrogens (primary N) is 1. The third kappa shape index (κ3) is 4.88. The third-order valence-corrected chi connectivity index (χ3v) is 4.12. The molecule has 0 saturated carbocycles. The van der Waals surface area contributed by atoms with Crippen LogP contribution in [0.15, 0.2) is 47.1 Å². The summed E-state index contributed by atoms with van der Waals surface area (Å²) in [6.45, 7) is 1.70. The Bertz CT molecular complexity index is 574. The molecule has 5 heteroatoms. The molecule has 21 heavy (non-hydrogen) atoms. The van der Waals surface area contributed by atoms with Gasteiger partial charge in [-0.1, -0.05) is 34.1 Å². The number of hydrogen-bond acceptors (Lipinski definition) is 3. The normalized spacial score (nSPS) is 12.6. The molecule has 0 spiro atoms. The molecular formula is C16H19BrFN3. The maximum absolute atomic E-state index is 12.8. The molecule has 0 fully saturated rings. The highest BCUT2D eigenvalue weighted by Crippen LogP contribution is 2.18. The van der Waals surface area contributed by atoms with Crippen molar-refractivity contribution in [1.29, 1.82) is 0 Å². The summed E-state index contributed by atoms with van der Waals surface area (Å²) < 4.78 is 13.9. The zero-order valence-corrected chi connectivity index (χ0v) is 13.6. The molecule has 0 bridgehead atoms. The molecule has 0 aliphatic carbocycles. The molecular weight excluding hydrogens is 333 g/mol. The second-order valence-corrected chi connectivity index (χ2v) is 5.98. The van der Waals surface area contributed by atoms with Crippen molar-refractivity contribution in [2.75, 3.05) is 13.6 Å². The molecule has 1 heterocycles. The van der Waals surface area contributed by atoms with Crippen LogP contribution in [0.2, 0.25) is 0 Å². The Hall–Kier alpha value is -1.30. The molecule has 112 valence electrons. The van der Waals surface area contributed by atoms with Gasteiger partial charge in [0.25, 0.3) is 0 Å². The molecule has 2 rings (SSSR count). The number of halogens is 2. The van der Waals surface area contributed by atoms with Gasteiger partial charge in [-0.05, 0) is 37.2 Å². The minimum absolute atomic E-state index is 0.174. The number of aromatic nitrogens is 1. The van der Waals surface area contributed by atoms with Crippen LogP contribution in [0.5, 0.6) is 0 Å². The van der Waals surface area contributed by atoms with Crippen molar-refractivity contribution in [2.24, 2.45) is 5.73 Å². The first-order valence-corrected chi connectivity index (χ1v) is 7.64. The lowest BCUT2D eigenvalue weighted by molar-refractivity contribution is 0.310. The molecule has 2 N–H and O–H groups in total. The summed E-state index contributed by atoms with van der Waals surface area (Å²) >= 11 is 3.55. The Morgan fingerprint density at radius 3 is 2.71 bits per heavy atom. The monoisotopic (exact) mass is 351 g/mol. The average molecular weight is 352 g/mol. The summed E-state index contributed by atoms with van der Waals surface area (Å²) in [6, 6.07) is 11.0. The van der Waals surface area contributed by atoms with Crippen LogP contribution in [0.1, 0.15) is 23.7 Å². The topological polar surface area (TPSA) is 42.1 Å². The Morgan fingerprint density at radius 2 is 2.05 bits per heavy atom. The first-order chi connectivity index (χ1) is 10.1. The zero-order chi connectivity index (χ0) is 15.2. The lowest BCUT2D eigenvalue weighted by Crippen LogP contribution is -2.24. The molecule has 0 saturated heterocycles. The predicted octanol–water partition coefficient (Wildman–Crippen LogP) is 3.51. The van der Waals surface area contributed by atoms with Gasteiger partial charge in [-0.2, -0.15) is 0 Å². The van der Waals surface area contributed by atoms with Crippen molar-refractivity contribution in [3.63, 3.8) is 0 Å². The van der Waals surface area contributed by atoms with Crippen molar-refractivity contribution >= 4 is 15.9 Å². The number of nitrogens with zero attached hydrogens (tertiary/aromatic N) is 2. The first kappa shape index (κ1) is 16.1. The highest BCUT2D eigenvalue weighted by atomic mass is 79.9. The van der Waals surface area contributed by atoms with Gasteiger partial charge in [0.1, 0.15) is 5.82 Å². The number of rotatable bonds is 6. The fourth-order valence-electron chi connectivity index (χ4n) is 2.11. The van der Waals surface area contributed by atoms with Gasteiger partial charge < -0.3 is 10.6 Å². The van der Waals surface area contributed by atoms with Crippen LogP contribution >= 0.6 is 15.9 Å². The van der Waals surface area contributed by atoms with E-state index in [0.29, 0.717) is 0 Å². The van der Waals surface area contributed by atoms with Gasteiger partial charge in [0, 0.05) is 23.6 Å². The lowest BCUT2D eigenvalue weighted by Gasteiger charge is -2.19. The van der Waals surface area contributed by atoms with Crippen LogP contribution in [0.4, 0.5) is 4.39 Å². The Labute approximate surface area is 133 Å². The molecule has 1 aromatic heterocycles. The van der Waals surface area contributed by atoms with Crippen molar-refractivity contribution in [3.8, 4) is 0 Å². The second-order valence-electron chi connectivity index (χ2n) is 5.13. The predicted molar refractivity (Wildman–Crippen MR) is 86.2 cm³/mol. The fraction of sp³-hybridized carbons (Fsp3) is 0.312. The van der Waals surface area contributed by atoms with Gasteiger partial charge in [-0.15, -0.1) is 0 Å². The summed E-state index contributed by atoms with van der Waals surface area (Å²) in [7, 11) is 2.06. The van der Waals surface area contributed by atoms with Gasteiger partial charge in [-0.3, -0.25) is 4.98 Å². The summed E-state index contributed by atoms with van der Waals surface area (Å²) in [4.78, 5) is 6.24. The summed E-state index contributed by atoms with van der Waals surface area (Å²) in [5, 5.41) is 0. The van der Waals surface area contributed by atoms with Gasteiger partial charge in [0.2, 0.25) is 0 Å². The minimum atomic E-state index is -0.336. The highest BCUT2D eigenvalue weighted by Gasteiger charge is 2.10. The highest BCUT2D eigenvalue weighted by molar-refractivity contribution is 9.10. The van der Waals surface area contributed by atoms with Crippen LogP contribution in [-0.2, 0) is 6.54 Å². The second kappa shape index (κ2) is 7.64. The fourth-order valence-corrected chi connectivity index (χ4v) is 2.52. The third-order valence-electron chi connectivity index (χ3n) is 3.35. The molecule has 0 aliphatic heterocycles. The smallest absolute Gasteiger partial charge is 0.141 e. The molecule has 2 aromatic rings. The van der Waals surface area contributed by atoms with E-state index in [1.165, 1.54) is 17.8 Å². The van der Waals surface area contributed by atoms with E-state index in [0.717, 1.165) is 29.7 Å². The Kier molecular flexibility index (Phi) is 5.85. The molecule has 0 radical (unpaired) electrons. The average Bonchev–Trinajstić information content (AvgIpc) is 2.48. The van der Waals surface area contributed by atoms with Crippen molar-refractivity contribution < 1.29 is 4.39 Å². The first-order valence-electron chi connectivity index (χ1n) is 6.85. The largest absolute Gasteiger partial charge is 0.323 e. The van der Waals surface area contributed by atoms with E-state index in [4.69, 9.17) is 5.73 Å². The van der Waals surface area contributed by atoms with Gasteiger partial charge >= 0.3 is 0 Å². The minimum Gasteiger partial charge on any atom is -0.323 e. The number of benzene rings is 1. The van der Waals surface area contributed by atoms with E-state index in [-0.39, 0.29) is 11.9 Å². The maximum Gasteiger partial charge on any atom is 0.141 e. The van der Waals surface area contributed by atoms with E-state index in [1.807, 2.05) is 18.2 Å². The van der Waals surface area contributed by atoms with Gasteiger partial charge in [0.05, 0.1) is 11.9 Å². The molecule has 1 unspecified atom stereocenters. The van der Waals surface area contributed by atoms with Crippen LogP contribution < -0.4 is 5.73 Å². The summed E-state index contributed by atoms with van der Waals surface area (Å²) in [5.41, 5.74) is 8.07. The van der Waals surface area contributed by atoms with Crippen molar-refractivity contribution in [3.05, 3.63) is 64.1 Å². The maximum atomic E-state index is 12.8. The van der Waals surface area contributed by atoms with E-state index in [9.17, 15) is 4.39 Å². The zero-order valence-electron chi connectivity index (χ0n) is 12.0. The Balaban J connectivity index is 1.85. The van der Waals surface area contributed by atoms with Gasteiger partial charge in [0.15, 0.2) is 0 Å². The van der Waals surface area contributed by atoms with Crippen LogP contribution in [-0.4, -0.2) is 23.5 Å². The van der Waals surface area contributed by atoms with Crippen LogP contribution in [0.3, 0.4) is 0 Å². The quantitative estimate of drug-likeness (QED) is 0.865. The van der Waals surface area contributed by atoms with Gasteiger partial charge in [-0.25, -0.2) is 4.39 Å². The van der Waals surface area contributed by atoms with Crippen molar-refractivity contribution in [1.82, 2.24) is 9.88 Å². The Morgan fingerprint density at radius 1 is 1.29 bits per heavy atom. The molecule has 1 atom stereocenters. The van der Waals surface area contributed by atoms with Crippen molar-refractivity contribution in [2.45, 2.75) is 19.0 Å². The SMILES string of the molecule is CN(CCC(N)c1ccc(F)cn1)Cc1ccccc1Br. The van der Waals surface area contributed by atoms with Crippen LogP contribution in [0.25, 0.3) is 0 Å². The van der Waals surface area contributed by atoms with E-state index in [2.05, 4.69) is 38.9 Å². The standard InChI is InChI=1S/C16H19BrFN3/c1-21(11-12-4-2-3-5-14(12)17)9-8-15(19)16-7-6-13(18)10-20-16/h2-7,10,15H,8-9,11,19H2,1H3. The van der Waals surface area contributed by atoms with Crippen LogP contribution in [0, 0.1) is 5.82 Å². The summed E-state index contributed by atoms with van der Waals surface area (Å²) in [6.07, 6.45) is 1.99.